The summed E-state index contributed by atoms with van der Waals surface area (Å²) in [4.78, 5) is 54.8. The molecule has 1 fully saturated rings. The molecule has 3 heterocycles. The summed E-state index contributed by atoms with van der Waals surface area (Å²) < 4.78 is 6.41. The van der Waals surface area contributed by atoms with Gasteiger partial charge >= 0.3 is 0 Å². The highest BCUT2D eigenvalue weighted by molar-refractivity contribution is 6.22. The Balaban J connectivity index is 1.32. The van der Waals surface area contributed by atoms with Gasteiger partial charge in [0.1, 0.15) is 11.4 Å². The lowest BCUT2D eigenvalue weighted by Gasteiger charge is -2.44. The van der Waals surface area contributed by atoms with Crippen LogP contribution < -0.4 is 4.74 Å². The average molecular weight is 475 g/mol. The third-order valence-electron chi connectivity index (χ3n) is 7.69. The summed E-state index contributed by atoms with van der Waals surface area (Å²) in [6.07, 6.45) is 2.09. The zero-order valence-electron chi connectivity index (χ0n) is 20.6. The predicted molar refractivity (Wildman–Crippen MR) is 130 cm³/mol. The number of carbonyl (C=O) groups excluding carboxylic acids is 4. The number of imide groups is 1. The summed E-state index contributed by atoms with van der Waals surface area (Å²) in [5, 5.41) is 0. The van der Waals surface area contributed by atoms with Gasteiger partial charge in [-0.05, 0) is 62.6 Å². The van der Waals surface area contributed by atoms with Gasteiger partial charge in [-0.2, -0.15) is 0 Å². The van der Waals surface area contributed by atoms with E-state index in [1.807, 2.05) is 39.8 Å². The topological polar surface area (TPSA) is 84.0 Å². The Hall–Kier alpha value is -3.48. The fourth-order valence-electron chi connectivity index (χ4n) is 5.57. The predicted octanol–water partition coefficient (Wildman–Crippen LogP) is 4.34. The summed E-state index contributed by atoms with van der Waals surface area (Å²) in [5.41, 5.74) is 3.09. The minimum atomic E-state index is -0.599. The second-order valence-corrected chi connectivity index (χ2v) is 10.1. The Kier molecular flexibility index (Phi) is 5.54. The van der Waals surface area contributed by atoms with Crippen molar-refractivity contribution in [1.82, 2.24) is 9.80 Å². The Morgan fingerprint density at radius 3 is 2.40 bits per heavy atom. The van der Waals surface area contributed by atoms with Crippen molar-refractivity contribution in [3.05, 3.63) is 63.7 Å². The van der Waals surface area contributed by atoms with Gasteiger partial charge in [0.2, 0.25) is 0 Å². The number of likely N-dealkylation sites (tertiary alicyclic amines) is 1. The molecule has 2 aromatic carbocycles. The highest BCUT2D eigenvalue weighted by Gasteiger charge is 2.44. The molecule has 3 aliphatic rings. The SMILES string of the molecule is CCC(C)N1C(=O)c2ccc(C(=O)N3CCC4(CC3)CC(=O)c3c(C)cc(C)cc3O4)cc2C1=O. The van der Waals surface area contributed by atoms with Gasteiger partial charge in [-0.3, -0.25) is 24.1 Å². The maximum absolute atomic E-state index is 13.3. The Morgan fingerprint density at radius 2 is 1.71 bits per heavy atom. The molecule has 0 bridgehead atoms. The third-order valence-corrected chi connectivity index (χ3v) is 7.69. The number of amides is 3. The number of ether oxygens (including phenoxy) is 1. The fourth-order valence-corrected chi connectivity index (χ4v) is 5.57. The van der Waals surface area contributed by atoms with Gasteiger partial charge in [0.15, 0.2) is 5.78 Å². The number of fused-ring (bicyclic) bond motifs is 2. The van der Waals surface area contributed by atoms with Crippen LogP contribution in [-0.2, 0) is 0 Å². The van der Waals surface area contributed by atoms with Crippen LogP contribution in [0.1, 0.15) is 92.1 Å². The number of rotatable bonds is 3. The van der Waals surface area contributed by atoms with Crippen LogP contribution in [0.4, 0.5) is 0 Å². The number of nitrogens with zero attached hydrogens (tertiary/aromatic N) is 2. The van der Waals surface area contributed by atoms with Crippen molar-refractivity contribution in [2.75, 3.05) is 13.1 Å². The molecule has 2 aromatic rings. The van der Waals surface area contributed by atoms with Gasteiger partial charge in [0, 0.05) is 37.5 Å². The zero-order chi connectivity index (χ0) is 25.1. The minimum Gasteiger partial charge on any atom is -0.486 e. The summed E-state index contributed by atoms with van der Waals surface area (Å²) in [5.74, 6) is -0.0883. The van der Waals surface area contributed by atoms with E-state index in [1.54, 1.807) is 23.1 Å². The molecule has 0 N–H and O–H groups in total. The maximum atomic E-state index is 13.3. The van der Waals surface area contributed by atoms with Crippen molar-refractivity contribution in [1.29, 1.82) is 0 Å². The highest BCUT2D eigenvalue weighted by Crippen LogP contribution is 2.41. The zero-order valence-corrected chi connectivity index (χ0v) is 20.6. The van der Waals surface area contributed by atoms with Crippen LogP contribution in [0.15, 0.2) is 30.3 Å². The second kappa shape index (κ2) is 8.33. The molecule has 35 heavy (non-hydrogen) atoms. The maximum Gasteiger partial charge on any atom is 0.261 e. The number of piperidine rings is 1. The number of hydrogen-bond acceptors (Lipinski definition) is 5. The number of benzene rings is 2. The van der Waals surface area contributed by atoms with E-state index in [1.165, 1.54) is 4.90 Å². The molecular formula is C28H30N2O5. The molecular weight excluding hydrogens is 444 g/mol. The van der Waals surface area contributed by atoms with Crippen molar-refractivity contribution in [2.45, 2.75) is 65.0 Å². The van der Waals surface area contributed by atoms with Crippen molar-refractivity contribution in [3.63, 3.8) is 0 Å². The third kappa shape index (κ3) is 3.74. The fraction of sp³-hybridized carbons (Fsp3) is 0.429. The molecule has 1 spiro atoms. The van der Waals surface area contributed by atoms with Crippen molar-refractivity contribution < 1.29 is 23.9 Å². The van der Waals surface area contributed by atoms with Crippen molar-refractivity contribution in [3.8, 4) is 5.75 Å². The summed E-state index contributed by atoms with van der Waals surface area (Å²) in [6.45, 7) is 8.60. The molecule has 5 rings (SSSR count). The van der Waals surface area contributed by atoms with Crippen LogP contribution >= 0.6 is 0 Å². The average Bonchev–Trinajstić information content (AvgIpc) is 3.07. The molecule has 0 aliphatic carbocycles. The molecule has 182 valence electrons. The quantitative estimate of drug-likeness (QED) is 0.618. The molecule has 3 amide bonds. The van der Waals surface area contributed by atoms with Gasteiger partial charge < -0.3 is 9.64 Å². The van der Waals surface area contributed by atoms with Crippen LogP contribution in [0.25, 0.3) is 0 Å². The molecule has 3 aliphatic heterocycles. The first-order valence-electron chi connectivity index (χ1n) is 12.3. The second-order valence-electron chi connectivity index (χ2n) is 10.1. The van der Waals surface area contributed by atoms with Crippen LogP contribution in [0.3, 0.4) is 0 Å². The number of aryl methyl sites for hydroxylation is 2. The number of carbonyl (C=O) groups is 4. The minimum absolute atomic E-state index is 0.0937. The van der Waals surface area contributed by atoms with Gasteiger partial charge in [-0.1, -0.05) is 13.0 Å². The van der Waals surface area contributed by atoms with E-state index >= 15 is 0 Å². The molecule has 1 atom stereocenters. The summed E-state index contributed by atoms with van der Waals surface area (Å²) >= 11 is 0. The lowest BCUT2D eigenvalue weighted by molar-refractivity contribution is -0.00583. The highest BCUT2D eigenvalue weighted by atomic mass is 16.5. The Bertz CT molecular complexity index is 1270. The van der Waals surface area contributed by atoms with Crippen molar-refractivity contribution in [2.24, 2.45) is 0 Å². The van der Waals surface area contributed by atoms with E-state index in [2.05, 4.69) is 0 Å². The molecule has 7 heteroatoms. The Labute approximate surface area is 205 Å². The van der Waals surface area contributed by atoms with Gasteiger partial charge in [-0.25, -0.2) is 0 Å². The molecule has 0 saturated carbocycles. The first kappa shape index (κ1) is 23.3. The van der Waals surface area contributed by atoms with Gasteiger partial charge in [0.05, 0.1) is 23.1 Å². The normalized spacial score (nSPS) is 19.5. The van der Waals surface area contributed by atoms with Crippen LogP contribution in [0.5, 0.6) is 5.75 Å². The lowest BCUT2D eigenvalue weighted by atomic mass is 9.81. The molecule has 1 unspecified atom stereocenters. The first-order valence-corrected chi connectivity index (χ1v) is 12.3. The first-order chi connectivity index (χ1) is 16.6. The molecule has 0 radical (unpaired) electrons. The molecule has 7 nitrogen and oxygen atoms in total. The van der Waals surface area contributed by atoms with E-state index < -0.39 is 5.60 Å². The van der Waals surface area contributed by atoms with Gasteiger partial charge in [-0.15, -0.1) is 0 Å². The molecule has 0 aromatic heterocycles. The van der Waals surface area contributed by atoms with E-state index in [0.717, 1.165) is 11.1 Å². The summed E-state index contributed by atoms with van der Waals surface area (Å²) in [7, 11) is 0. The lowest BCUT2D eigenvalue weighted by Crippen LogP contribution is -2.52. The number of hydrogen-bond donors (Lipinski definition) is 0. The monoisotopic (exact) mass is 474 g/mol. The number of Topliss-reactive ketones (excluding diaryl/α,β-unsaturated/α-hetero) is 1. The van der Waals surface area contributed by atoms with Crippen molar-refractivity contribution >= 4 is 23.5 Å². The summed E-state index contributed by atoms with van der Waals surface area (Å²) in [6, 6.07) is 8.48. The number of ketones is 1. The van der Waals surface area contributed by atoms with E-state index in [-0.39, 0.29) is 35.1 Å². The van der Waals surface area contributed by atoms with E-state index in [0.29, 0.717) is 61.2 Å². The van der Waals surface area contributed by atoms with Crippen LogP contribution in [0, 0.1) is 13.8 Å². The Morgan fingerprint density at radius 1 is 1.03 bits per heavy atom. The van der Waals surface area contributed by atoms with Crippen LogP contribution in [0.2, 0.25) is 0 Å². The molecule has 1 saturated heterocycles. The van der Waals surface area contributed by atoms with Crippen LogP contribution in [-0.4, -0.2) is 58.0 Å². The van der Waals surface area contributed by atoms with E-state index in [4.69, 9.17) is 4.74 Å². The van der Waals surface area contributed by atoms with Gasteiger partial charge in [0.25, 0.3) is 17.7 Å². The standard InChI is InChI=1S/C28H30N2O5/c1-5-18(4)30-26(33)20-7-6-19(14-21(20)27(30)34)25(32)29-10-8-28(9-11-29)15-22(31)24-17(3)12-16(2)13-23(24)35-28/h6-7,12-14,18H,5,8-11,15H2,1-4H3. The largest absolute Gasteiger partial charge is 0.486 e. The smallest absolute Gasteiger partial charge is 0.261 e. The van der Waals surface area contributed by atoms with E-state index in [9.17, 15) is 19.2 Å².